The van der Waals surface area contributed by atoms with Crippen molar-refractivity contribution < 1.29 is 19.0 Å². The van der Waals surface area contributed by atoms with E-state index in [4.69, 9.17) is 14.2 Å². The van der Waals surface area contributed by atoms with Crippen molar-refractivity contribution in [2.75, 3.05) is 39.7 Å². The Balaban J connectivity index is 1.52. The van der Waals surface area contributed by atoms with Gasteiger partial charge in [0, 0.05) is 37.6 Å². The van der Waals surface area contributed by atoms with Gasteiger partial charge in [-0.15, -0.1) is 0 Å². The Morgan fingerprint density at radius 1 is 1.03 bits per heavy atom. The maximum Gasteiger partial charge on any atom is 0.244 e. The monoisotopic (exact) mass is 438 g/mol. The second-order valence-corrected chi connectivity index (χ2v) is 6.62. The molecule has 2 heterocycles. The van der Waals surface area contributed by atoms with Gasteiger partial charge in [0.05, 0.1) is 21.3 Å². The highest BCUT2D eigenvalue weighted by Gasteiger charge is 2.12. The molecule has 0 fully saturated rings. The fourth-order valence-corrected chi connectivity index (χ4v) is 3.00. The summed E-state index contributed by atoms with van der Waals surface area (Å²) >= 11 is 0. The number of imidazole rings is 1. The van der Waals surface area contributed by atoms with Crippen molar-refractivity contribution in [3.63, 3.8) is 0 Å². The first-order valence-electron chi connectivity index (χ1n) is 9.88. The molecule has 0 saturated heterocycles. The topological polar surface area (TPSA) is 112 Å². The van der Waals surface area contributed by atoms with Crippen molar-refractivity contribution in [1.82, 2.24) is 24.8 Å². The molecule has 0 aliphatic heterocycles. The minimum Gasteiger partial charge on any atom is -0.493 e. The summed E-state index contributed by atoms with van der Waals surface area (Å²) in [7, 11) is 4.63. The van der Waals surface area contributed by atoms with Gasteiger partial charge in [0.25, 0.3) is 0 Å². The second-order valence-electron chi connectivity index (χ2n) is 6.62. The van der Waals surface area contributed by atoms with Crippen LogP contribution in [0.2, 0.25) is 0 Å². The number of amides is 1. The van der Waals surface area contributed by atoms with E-state index in [1.54, 1.807) is 45.7 Å². The molecule has 10 nitrogen and oxygen atoms in total. The molecular weight excluding hydrogens is 412 g/mol. The Morgan fingerprint density at radius 2 is 1.78 bits per heavy atom. The Hall–Kier alpha value is -4.08. The van der Waals surface area contributed by atoms with Crippen LogP contribution in [0.1, 0.15) is 11.4 Å². The Morgan fingerprint density at radius 3 is 2.41 bits per heavy atom. The summed E-state index contributed by atoms with van der Waals surface area (Å²) in [6.45, 7) is 2.82. The molecule has 0 aliphatic carbocycles. The predicted octanol–water partition coefficient (Wildman–Crippen LogP) is 2.24. The van der Waals surface area contributed by atoms with E-state index >= 15 is 0 Å². The first-order valence-corrected chi connectivity index (χ1v) is 9.88. The Kier molecular flexibility index (Phi) is 7.63. The molecule has 0 atom stereocenters. The zero-order valence-electron chi connectivity index (χ0n) is 18.5. The zero-order chi connectivity index (χ0) is 22.9. The van der Waals surface area contributed by atoms with Gasteiger partial charge in [0.1, 0.15) is 23.8 Å². The van der Waals surface area contributed by atoms with Crippen LogP contribution < -0.4 is 24.8 Å². The molecule has 3 rings (SSSR count). The number of methoxy groups -OCH3 is 3. The lowest BCUT2D eigenvalue weighted by Crippen LogP contribution is -2.27. The molecule has 3 aromatic rings. The Labute approximate surface area is 186 Å². The molecule has 0 spiro atoms. The maximum absolute atomic E-state index is 12.2. The van der Waals surface area contributed by atoms with E-state index in [0.717, 1.165) is 17.2 Å². The largest absolute Gasteiger partial charge is 0.493 e. The van der Waals surface area contributed by atoms with Crippen LogP contribution in [0.25, 0.3) is 11.9 Å². The average Bonchev–Trinajstić information content (AvgIpc) is 3.25. The van der Waals surface area contributed by atoms with Crippen LogP contribution >= 0.6 is 0 Å². The van der Waals surface area contributed by atoms with E-state index in [1.807, 2.05) is 23.8 Å². The zero-order valence-corrected chi connectivity index (χ0v) is 18.5. The van der Waals surface area contributed by atoms with E-state index in [9.17, 15) is 4.79 Å². The molecule has 0 radical (unpaired) electrons. The number of aryl methyl sites for hydroxylation is 1. The molecule has 10 heteroatoms. The third-order valence-electron chi connectivity index (χ3n) is 4.57. The summed E-state index contributed by atoms with van der Waals surface area (Å²) in [5.41, 5.74) is 0.746. The number of aromatic nitrogens is 4. The number of benzene rings is 1. The summed E-state index contributed by atoms with van der Waals surface area (Å²) in [5.74, 6) is 3.52. The number of hydrogen-bond donors (Lipinski definition) is 2. The normalized spacial score (nSPS) is 10.8. The van der Waals surface area contributed by atoms with Crippen molar-refractivity contribution in [2.45, 2.75) is 6.92 Å². The summed E-state index contributed by atoms with van der Waals surface area (Å²) in [4.78, 5) is 24.8. The number of ether oxygens (including phenoxy) is 3. The summed E-state index contributed by atoms with van der Waals surface area (Å²) in [5, 5.41) is 5.99. The molecule has 0 aliphatic rings. The Bertz CT molecular complexity index is 1070. The average molecular weight is 438 g/mol. The minimum atomic E-state index is -0.224. The smallest absolute Gasteiger partial charge is 0.244 e. The molecule has 1 aromatic carbocycles. The number of nitrogens with one attached hydrogen (secondary N) is 2. The van der Waals surface area contributed by atoms with Gasteiger partial charge in [0.2, 0.25) is 11.7 Å². The van der Waals surface area contributed by atoms with Gasteiger partial charge >= 0.3 is 0 Å². The van der Waals surface area contributed by atoms with Crippen LogP contribution in [0, 0.1) is 6.92 Å². The highest BCUT2D eigenvalue weighted by Crippen LogP contribution is 2.38. The quantitative estimate of drug-likeness (QED) is 0.366. The van der Waals surface area contributed by atoms with Crippen molar-refractivity contribution in [3.05, 3.63) is 54.4 Å². The molecule has 0 saturated carbocycles. The van der Waals surface area contributed by atoms with Crippen molar-refractivity contribution in [1.29, 1.82) is 0 Å². The van der Waals surface area contributed by atoms with Gasteiger partial charge < -0.3 is 24.8 Å². The van der Waals surface area contributed by atoms with Crippen LogP contribution in [-0.2, 0) is 4.79 Å². The first-order chi connectivity index (χ1) is 15.5. The van der Waals surface area contributed by atoms with Crippen LogP contribution in [0.15, 0.2) is 43.0 Å². The van der Waals surface area contributed by atoms with Gasteiger partial charge in [-0.3, -0.25) is 9.36 Å². The van der Waals surface area contributed by atoms with E-state index in [0.29, 0.717) is 36.2 Å². The molecule has 0 unspecified atom stereocenters. The fourth-order valence-electron chi connectivity index (χ4n) is 3.00. The lowest BCUT2D eigenvalue weighted by molar-refractivity contribution is -0.116. The van der Waals surface area contributed by atoms with Gasteiger partial charge in [-0.2, -0.15) is 0 Å². The number of anilines is 1. The van der Waals surface area contributed by atoms with Crippen LogP contribution in [0.5, 0.6) is 17.2 Å². The standard InChI is InChI=1S/C22H26N6O4/c1-15-23-9-10-28(15)20-13-19(26-14-27-20)24-7-8-25-21(29)6-5-16-11-17(30-2)22(32-4)18(12-16)31-3/h5-6,9-14H,7-8H2,1-4H3,(H,25,29)(H,24,26,27)/b6-5+. The van der Waals surface area contributed by atoms with Crippen LogP contribution in [0.4, 0.5) is 5.82 Å². The lowest BCUT2D eigenvalue weighted by atomic mass is 10.1. The third-order valence-corrected chi connectivity index (χ3v) is 4.57. The molecule has 0 bridgehead atoms. The number of rotatable bonds is 10. The van der Waals surface area contributed by atoms with E-state index < -0.39 is 0 Å². The number of nitrogens with zero attached hydrogens (tertiary/aromatic N) is 4. The van der Waals surface area contributed by atoms with Gasteiger partial charge in [-0.25, -0.2) is 15.0 Å². The molecular formula is C22H26N6O4. The van der Waals surface area contributed by atoms with E-state index in [2.05, 4.69) is 25.6 Å². The van der Waals surface area contributed by atoms with Crippen molar-refractivity contribution in [2.24, 2.45) is 0 Å². The van der Waals surface area contributed by atoms with E-state index in [1.165, 1.54) is 12.4 Å². The SMILES string of the molecule is COc1cc(/C=C/C(=O)NCCNc2cc(-n3ccnc3C)ncn2)cc(OC)c1OC. The lowest BCUT2D eigenvalue weighted by Gasteiger charge is -2.12. The third kappa shape index (κ3) is 5.54. The highest BCUT2D eigenvalue weighted by molar-refractivity contribution is 5.91. The molecule has 1 amide bonds. The maximum atomic E-state index is 12.2. The number of hydrogen-bond acceptors (Lipinski definition) is 8. The summed E-state index contributed by atoms with van der Waals surface area (Å²) in [6.07, 6.45) is 8.16. The highest BCUT2D eigenvalue weighted by atomic mass is 16.5. The van der Waals surface area contributed by atoms with Crippen molar-refractivity contribution in [3.8, 4) is 23.1 Å². The number of carbonyl (C=O) groups excluding carboxylic acids is 1. The van der Waals surface area contributed by atoms with Gasteiger partial charge in [-0.05, 0) is 30.7 Å². The fraction of sp³-hybridized carbons (Fsp3) is 0.273. The summed E-state index contributed by atoms with van der Waals surface area (Å²) in [6, 6.07) is 5.35. The molecule has 168 valence electrons. The van der Waals surface area contributed by atoms with E-state index in [-0.39, 0.29) is 5.91 Å². The second kappa shape index (κ2) is 10.8. The molecule has 32 heavy (non-hydrogen) atoms. The van der Waals surface area contributed by atoms with Crippen molar-refractivity contribution >= 4 is 17.8 Å². The molecule has 2 N–H and O–H groups in total. The molecule has 2 aromatic heterocycles. The number of carbonyl (C=O) groups is 1. The van der Waals surface area contributed by atoms with Gasteiger partial charge in [0.15, 0.2) is 11.5 Å². The van der Waals surface area contributed by atoms with Crippen LogP contribution in [0.3, 0.4) is 0 Å². The predicted molar refractivity (Wildman–Crippen MR) is 121 cm³/mol. The van der Waals surface area contributed by atoms with Gasteiger partial charge in [-0.1, -0.05) is 0 Å². The summed E-state index contributed by atoms with van der Waals surface area (Å²) < 4.78 is 17.8. The minimum absolute atomic E-state index is 0.224. The first kappa shape index (κ1) is 22.6. The van der Waals surface area contributed by atoms with Crippen LogP contribution in [-0.4, -0.2) is 59.8 Å².